The van der Waals surface area contributed by atoms with Crippen LogP contribution in [0.15, 0.2) is 54.6 Å². The van der Waals surface area contributed by atoms with Gasteiger partial charge in [-0.1, -0.05) is 48.0 Å². The van der Waals surface area contributed by atoms with Crippen LogP contribution in [-0.4, -0.2) is 12.4 Å². The molecule has 0 aliphatic rings. The molecule has 0 heterocycles. The van der Waals surface area contributed by atoms with Crippen molar-refractivity contribution in [3.05, 3.63) is 71.3 Å². The maximum absolute atomic E-state index is 12.3. The number of ether oxygens (including phenoxy) is 1. The number of ketones is 1. The highest BCUT2D eigenvalue weighted by atomic mass is 19.3. The highest BCUT2D eigenvalue weighted by Gasteiger charge is 2.07. The highest BCUT2D eigenvalue weighted by Crippen LogP contribution is 2.21. The van der Waals surface area contributed by atoms with Crippen molar-refractivity contribution in [1.29, 1.82) is 0 Å². The Bertz CT molecular complexity index is 646. The van der Waals surface area contributed by atoms with Crippen LogP contribution in [0.5, 0.6) is 5.75 Å². The number of hydrogen-bond donors (Lipinski definition) is 0. The number of hydrogen-bond acceptors (Lipinski definition) is 2. The summed E-state index contributed by atoms with van der Waals surface area (Å²) in [7, 11) is 0. The zero-order valence-corrected chi connectivity index (χ0v) is 11.4. The second-order valence-electron chi connectivity index (χ2n) is 4.48. The molecule has 0 aromatic heterocycles. The topological polar surface area (TPSA) is 26.3 Å². The first-order valence-corrected chi connectivity index (χ1v) is 6.39. The van der Waals surface area contributed by atoms with E-state index in [1.165, 1.54) is 18.2 Å². The molecule has 0 aliphatic heterocycles. The summed E-state index contributed by atoms with van der Waals surface area (Å²) in [6.07, 6.45) is 2.82. The number of carbonyl (C=O) groups is 1. The van der Waals surface area contributed by atoms with Gasteiger partial charge in [-0.05, 0) is 25.1 Å². The molecule has 0 fully saturated rings. The predicted octanol–water partition coefficient (Wildman–Crippen LogP) is 4.49. The van der Waals surface area contributed by atoms with E-state index in [9.17, 15) is 13.6 Å². The maximum atomic E-state index is 12.3. The normalized spacial score (nSPS) is 11.0. The first kappa shape index (κ1) is 14.9. The summed E-state index contributed by atoms with van der Waals surface area (Å²) in [5.74, 6) is -0.151. The Kier molecular flexibility index (Phi) is 4.82. The van der Waals surface area contributed by atoms with Gasteiger partial charge in [-0.2, -0.15) is 8.78 Å². The molecule has 0 unspecified atom stereocenters. The van der Waals surface area contributed by atoms with E-state index < -0.39 is 6.61 Å². The van der Waals surface area contributed by atoms with Crippen molar-refractivity contribution in [2.45, 2.75) is 13.5 Å². The predicted molar refractivity (Wildman–Crippen MR) is 77.6 cm³/mol. The number of carbonyl (C=O) groups excluding carboxylic acids is 1. The van der Waals surface area contributed by atoms with E-state index in [-0.39, 0.29) is 11.5 Å². The second-order valence-corrected chi connectivity index (χ2v) is 4.48. The van der Waals surface area contributed by atoms with E-state index >= 15 is 0 Å². The number of benzene rings is 2. The molecule has 0 atom stereocenters. The van der Waals surface area contributed by atoms with Crippen LogP contribution in [-0.2, 0) is 0 Å². The number of alkyl halides is 2. The van der Waals surface area contributed by atoms with Gasteiger partial charge in [-0.3, -0.25) is 4.79 Å². The smallest absolute Gasteiger partial charge is 0.387 e. The fourth-order valence-corrected chi connectivity index (χ4v) is 1.80. The molecule has 2 nitrogen and oxygen atoms in total. The lowest BCUT2D eigenvalue weighted by Gasteiger charge is -2.07. The van der Waals surface area contributed by atoms with Gasteiger partial charge in [-0.25, -0.2) is 0 Å². The minimum Gasteiger partial charge on any atom is -0.434 e. The summed E-state index contributed by atoms with van der Waals surface area (Å²) in [6.45, 7) is -0.963. The third kappa shape index (κ3) is 4.24. The van der Waals surface area contributed by atoms with Crippen LogP contribution in [0.1, 0.15) is 21.5 Å². The van der Waals surface area contributed by atoms with Crippen molar-refractivity contribution in [2.75, 3.05) is 0 Å². The Morgan fingerprint density at radius 1 is 1.10 bits per heavy atom. The molecule has 2 rings (SSSR count). The SMILES string of the molecule is Cc1ccc(C(=O)/C=C/c2ccccc2OC(F)F)cc1. The molecule has 0 bridgehead atoms. The Balaban J connectivity index is 2.17. The monoisotopic (exact) mass is 288 g/mol. The van der Waals surface area contributed by atoms with E-state index in [4.69, 9.17) is 0 Å². The van der Waals surface area contributed by atoms with Gasteiger partial charge in [0, 0.05) is 11.1 Å². The highest BCUT2D eigenvalue weighted by molar-refractivity contribution is 6.06. The average molecular weight is 288 g/mol. The Labute approximate surface area is 121 Å². The molecule has 108 valence electrons. The van der Waals surface area contributed by atoms with Gasteiger partial charge in [0.05, 0.1) is 0 Å². The average Bonchev–Trinajstić information content (AvgIpc) is 2.46. The summed E-state index contributed by atoms with van der Waals surface area (Å²) >= 11 is 0. The zero-order chi connectivity index (χ0) is 15.2. The van der Waals surface area contributed by atoms with Crippen LogP contribution in [0, 0.1) is 6.92 Å². The number of allylic oxidation sites excluding steroid dienone is 1. The molecular formula is C17H14F2O2. The Hall–Kier alpha value is -2.49. The lowest BCUT2D eigenvalue weighted by atomic mass is 10.1. The van der Waals surface area contributed by atoms with Crippen molar-refractivity contribution in [3.63, 3.8) is 0 Å². The van der Waals surface area contributed by atoms with Crippen molar-refractivity contribution >= 4 is 11.9 Å². The van der Waals surface area contributed by atoms with Crippen molar-refractivity contribution in [2.24, 2.45) is 0 Å². The molecule has 0 spiro atoms. The molecule has 0 radical (unpaired) electrons. The largest absolute Gasteiger partial charge is 0.434 e. The van der Waals surface area contributed by atoms with Gasteiger partial charge < -0.3 is 4.74 Å². The van der Waals surface area contributed by atoms with Gasteiger partial charge in [0.1, 0.15) is 5.75 Å². The molecule has 4 heteroatoms. The quantitative estimate of drug-likeness (QED) is 0.598. The minimum absolute atomic E-state index is 0.0421. The van der Waals surface area contributed by atoms with Gasteiger partial charge in [-0.15, -0.1) is 0 Å². The van der Waals surface area contributed by atoms with Crippen molar-refractivity contribution in [3.8, 4) is 5.75 Å². The number of halogens is 2. The van der Waals surface area contributed by atoms with E-state index in [0.717, 1.165) is 5.56 Å². The molecular weight excluding hydrogens is 274 g/mol. The van der Waals surface area contributed by atoms with E-state index in [0.29, 0.717) is 11.1 Å². The van der Waals surface area contributed by atoms with Crippen molar-refractivity contribution < 1.29 is 18.3 Å². The third-order valence-electron chi connectivity index (χ3n) is 2.89. The van der Waals surface area contributed by atoms with Crippen molar-refractivity contribution in [1.82, 2.24) is 0 Å². The molecule has 2 aromatic carbocycles. The summed E-state index contributed by atoms with van der Waals surface area (Å²) < 4.78 is 29.0. The van der Waals surface area contributed by atoms with Crippen LogP contribution in [0.3, 0.4) is 0 Å². The number of aryl methyl sites for hydroxylation is 1. The van der Waals surface area contributed by atoms with Crippen LogP contribution in [0.25, 0.3) is 6.08 Å². The van der Waals surface area contributed by atoms with E-state index in [2.05, 4.69) is 4.74 Å². The standard InChI is InChI=1S/C17H14F2O2/c1-12-6-8-13(9-7-12)15(20)11-10-14-4-2-3-5-16(14)21-17(18)19/h2-11,17H,1H3/b11-10+. The Morgan fingerprint density at radius 3 is 2.43 bits per heavy atom. The summed E-state index contributed by atoms with van der Waals surface area (Å²) in [4.78, 5) is 12.0. The third-order valence-corrected chi connectivity index (χ3v) is 2.89. The first-order chi connectivity index (χ1) is 10.1. The maximum Gasteiger partial charge on any atom is 0.387 e. The molecule has 0 amide bonds. The Morgan fingerprint density at radius 2 is 1.76 bits per heavy atom. The van der Waals surface area contributed by atoms with E-state index in [1.54, 1.807) is 30.3 Å². The van der Waals surface area contributed by atoms with Gasteiger partial charge in [0.15, 0.2) is 5.78 Å². The molecule has 2 aromatic rings. The lowest BCUT2D eigenvalue weighted by molar-refractivity contribution is -0.0499. The zero-order valence-electron chi connectivity index (χ0n) is 11.4. The number of para-hydroxylation sites is 1. The molecule has 0 aliphatic carbocycles. The molecule has 0 saturated heterocycles. The van der Waals surface area contributed by atoms with E-state index in [1.807, 2.05) is 19.1 Å². The molecule has 21 heavy (non-hydrogen) atoms. The van der Waals surface area contributed by atoms with Gasteiger partial charge in [0.2, 0.25) is 0 Å². The molecule has 0 saturated carbocycles. The fourth-order valence-electron chi connectivity index (χ4n) is 1.80. The van der Waals surface area contributed by atoms with Crippen LogP contribution in [0.4, 0.5) is 8.78 Å². The lowest BCUT2D eigenvalue weighted by Crippen LogP contribution is -2.03. The second kappa shape index (κ2) is 6.79. The van der Waals surface area contributed by atoms with Gasteiger partial charge >= 0.3 is 6.61 Å². The van der Waals surface area contributed by atoms with Crippen LogP contribution < -0.4 is 4.74 Å². The first-order valence-electron chi connectivity index (χ1n) is 6.39. The van der Waals surface area contributed by atoms with Gasteiger partial charge in [0.25, 0.3) is 0 Å². The fraction of sp³-hybridized carbons (Fsp3) is 0.118. The molecule has 0 N–H and O–H groups in total. The summed E-state index contributed by atoms with van der Waals surface area (Å²) in [5, 5.41) is 0. The minimum atomic E-state index is -2.90. The van der Waals surface area contributed by atoms with Crippen LogP contribution in [0.2, 0.25) is 0 Å². The summed E-state index contributed by atoms with van der Waals surface area (Å²) in [6, 6.07) is 13.5. The number of rotatable bonds is 5. The van der Waals surface area contributed by atoms with Crippen LogP contribution >= 0.6 is 0 Å². The summed E-state index contributed by atoms with van der Waals surface area (Å²) in [5.41, 5.74) is 2.04.